The van der Waals surface area contributed by atoms with E-state index in [2.05, 4.69) is 27.7 Å². The molecule has 0 atom stereocenters. The zero-order chi connectivity index (χ0) is 16.7. The van der Waals surface area contributed by atoms with Gasteiger partial charge in [-0.3, -0.25) is 20.4 Å². The fourth-order valence-corrected chi connectivity index (χ4v) is 3.28. The second-order valence-corrected chi connectivity index (χ2v) is 6.45. The van der Waals surface area contributed by atoms with Crippen LogP contribution in [0.5, 0.6) is 0 Å². The Hall–Kier alpha value is -1.67. The second-order valence-electron chi connectivity index (χ2n) is 5.47. The van der Waals surface area contributed by atoms with Gasteiger partial charge in [0.15, 0.2) is 5.13 Å². The van der Waals surface area contributed by atoms with E-state index in [0.717, 1.165) is 37.5 Å². The first kappa shape index (κ1) is 17.7. The van der Waals surface area contributed by atoms with Crippen LogP contribution in [-0.4, -0.2) is 43.1 Å². The molecule has 1 aromatic rings. The lowest BCUT2D eigenvalue weighted by Crippen LogP contribution is -2.41. The largest absolute Gasteiger partial charge is 0.378 e. The Morgan fingerprint density at radius 2 is 2.00 bits per heavy atom. The van der Waals surface area contributed by atoms with Gasteiger partial charge in [-0.05, 0) is 13.3 Å². The Bertz CT molecular complexity index is 541. The van der Waals surface area contributed by atoms with E-state index < -0.39 is 0 Å². The number of nitrogens with one attached hydrogen (secondary N) is 2. The van der Waals surface area contributed by atoms with Crippen LogP contribution in [0.1, 0.15) is 48.0 Å². The molecule has 0 unspecified atom stereocenters. The van der Waals surface area contributed by atoms with Crippen LogP contribution in [0.25, 0.3) is 0 Å². The number of aryl methyl sites for hydroxylation is 1. The number of aromatic nitrogens is 1. The van der Waals surface area contributed by atoms with Crippen molar-refractivity contribution in [3.63, 3.8) is 0 Å². The molecule has 0 spiro atoms. The predicted octanol–water partition coefficient (Wildman–Crippen LogP) is 1.63. The number of hydrogen-bond acceptors (Lipinski definition) is 6. The summed E-state index contributed by atoms with van der Waals surface area (Å²) < 4.78 is 5.32. The summed E-state index contributed by atoms with van der Waals surface area (Å²) in [6.07, 6.45) is 3.33. The molecule has 1 saturated heterocycles. The van der Waals surface area contributed by atoms with Gasteiger partial charge in [0.2, 0.25) is 5.91 Å². The van der Waals surface area contributed by atoms with Gasteiger partial charge >= 0.3 is 0 Å². The van der Waals surface area contributed by atoms with Crippen molar-refractivity contribution in [1.29, 1.82) is 0 Å². The molecule has 1 aliphatic rings. The minimum absolute atomic E-state index is 0.164. The lowest BCUT2D eigenvalue weighted by atomic mass is 10.2. The predicted molar refractivity (Wildman–Crippen MR) is 89.6 cm³/mol. The van der Waals surface area contributed by atoms with Gasteiger partial charge in [-0.1, -0.05) is 31.1 Å². The van der Waals surface area contributed by atoms with Crippen molar-refractivity contribution >= 4 is 28.3 Å². The van der Waals surface area contributed by atoms with Gasteiger partial charge in [0.1, 0.15) is 4.88 Å². The molecule has 1 fully saturated rings. The van der Waals surface area contributed by atoms with Gasteiger partial charge in [0.25, 0.3) is 5.91 Å². The maximum Gasteiger partial charge on any atom is 0.281 e. The fourth-order valence-electron chi connectivity index (χ4n) is 2.26. The van der Waals surface area contributed by atoms with E-state index in [1.807, 2.05) is 0 Å². The van der Waals surface area contributed by atoms with E-state index in [9.17, 15) is 9.59 Å². The highest BCUT2D eigenvalue weighted by molar-refractivity contribution is 7.17. The Kier molecular flexibility index (Phi) is 6.79. The quantitative estimate of drug-likeness (QED) is 0.607. The average molecular weight is 340 g/mol. The van der Waals surface area contributed by atoms with Crippen molar-refractivity contribution < 1.29 is 14.3 Å². The Labute approximate surface area is 140 Å². The number of hydrogen-bond donors (Lipinski definition) is 2. The molecule has 0 aliphatic carbocycles. The number of thiazole rings is 1. The zero-order valence-electron chi connectivity index (χ0n) is 13.7. The van der Waals surface area contributed by atoms with E-state index in [1.165, 1.54) is 11.3 Å². The Morgan fingerprint density at radius 1 is 1.26 bits per heavy atom. The van der Waals surface area contributed by atoms with E-state index >= 15 is 0 Å². The minimum Gasteiger partial charge on any atom is -0.378 e. The monoisotopic (exact) mass is 340 g/mol. The number of carbonyl (C=O) groups excluding carboxylic acids is 2. The van der Waals surface area contributed by atoms with Crippen molar-refractivity contribution in [3.05, 3.63) is 10.6 Å². The van der Waals surface area contributed by atoms with E-state index in [0.29, 0.717) is 30.2 Å². The molecule has 0 radical (unpaired) electrons. The van der Waals surface area contributed by atoms with Crippen LogP contribution in [0.4, 0.5) is 5.13 Å². The van der Waals surface area contributed by atoms with Gasteiger partial charge < -0.3 is 9.64 Å². The van der Waals surface area contributed by atoms with E-state index in [4.69, 9.17) is 4.74 Å². The molecule has 7 nitrogen and oxygen atoms in total. The summed E-state index contributed by atoms with van der Waals surface area (Å²) in [5.41, 5.74) is 5.61. The lowest BCUT2D eigenvalue weighted by Gasteiger charge is -2.25. The maximum atomic E-state index is 12.2. The highest BCUT2D eigenvalue weighted by Crippen LogP contribution is 2.26. The fraction of sp³-hybridized carbons (Fsp3) is 0.667. The Morgan fingerprint density at radius 3 is 2.70 bits per heavy atom. The molecule has 0 saturated carbocycles. The molecule has 0 aromatic carbocycles. The van der Waals surface area contributed by atoms with Crippen molar-refractivity contribution in [2.75, 3.05) is 31.2 Å². The summed E-state index contributed by atoms with van der Waals surface area (Å²) in [5.74, 6) is -0.481. The number of anilines is 1. The highest BCUT2D eigenvalue weighted by atomic mass is 32.1. The minimum atomic E-state index is -0.316. The maximum absolute atomic E-state index is 12.2. The first-order valence-electron chi connectivity index (χ1n) is 8.01. The van der Waals surface area contributed by atoms with E-state index in [1.54, 1.807) is 6.92 Å². The van der Waals surface area contributed by atoms with Crippen molar-refractivity contribution in [2.24, 2.45) is 0 Å². The second kappa shape index (κ2) is 8.83. The molecule has 8 heteroatoms. The van der Waals surface area contributed by atoms with E-state index in [-0.39, 0.29) is 11.8 Å². The number of morpholine rings is 1. The van der Waals surface area contributed by atoms with Crippen molar-refractivity contribution in [2.45, 2.75) is 39.5 Å². The smallest absolute Gasteiger partial charge is 0.281 e. The zero-order valence-corrected chi connectivity index (χ0v) is 14.5. The number of amides is 2. The molecule has 2 rings (SSSR count). The van der Waals surface area contributed by atoms with Gasteiger partial charge in [0.05, 0.1) is 18.9 Å². The standard InChI is InChI=1S/C15H24N4O3S/c1-3-4-5-6-12(20)17-18-14(21)13-11(2)16-15(23-13)19-7-9-22-10-8-19/h3-10H2,1-2H3,(H,17,20)(H,18,21). The number of nitrogens with zero attached hydrogens (tertiary/aromatic N) is 2. The lowest BCUT2D eigenvalue weighted by molar-refractivity contribution is -0.121. The van der Waals surface area contributed by atoms with Crippen LogP contribution in [0.2, 0.25) is 0 Å². The topological polar surface area (TPSA) is 83.6 Å². The number of unbranched alkanes of at least 4 members (excludes halogenated alkanes) is 2. The van der Waals surface area contributed by atoms with Gasteiger partial charge in [-0.15, -0.1) is 0 Å². The number of ether oxygens (including phenoxy) is 1. The average Bonchev–Trinajstić information content (AvgIpc) is 2.96. The van der Waals surface area contributed by atoms with Gasteiger partial charge in [-0.2, -0.15) is 0 Å². The van der Waals surface area contributed by atoms with Crippen molar-refractivity contribution in [3.8, 4) is 0 Å². The number of carbonyl (C=O) groups is 2. The first-order valence-corrected chi connectivity index (χ1v) is 8.82. The SMILES string of the molecule is CCCCCC(=O)NNC(=O)c1sc(N2CCOCC2)nc1C. The third-order valence-corrected chi connectivity index (χ3v) is 4.81. The summed E-state index contributed by atoms with van der Waals surface area (Å²) in [6, 6.07) is 0. The molecule has 1 aliphatic heterocycles. The molecule has 2 heterocycles. The molecule has 1 aromatic heterocycles. The molecule has 0 bridgehead atoms. The van der Waals surface area contributed by atoms with Crippen LogP contribution < -0.4 is 15.8 Å². The summed E-state index contributed by atoms with van der Waals surface area (Å²) >= 11 is 1.34. The summed E-state index contributed by atoms with van der Waals surface area (Å²) in [6.45, 7) is 6.79. The number of hydrazine groups is 1. The van der Waals surface area contributed by atoms with Crippen molar-refractivity contribution in [1.82, 2.24) is 15.8 Å². The van der Waals surface area contributed by atoms with Crippen LogP contribution in [0, 0.1) is 6.92 Å². The number of rotatable bonds is 6. The first-order chi connectivity index (χ1) is 11.1. The molecule has 2 amide bonds. The normalized spacial score (nSPS) is 14.6. The summed E-state index contributed by atoms with van der Waals surface area (Å²) in [5, 5.41) is 0.824. The molecule has 2 N–H and O–H groups in total. The van der Waals surface area contributed by atoms with Crippen LogP contribution in [0.3, 0.4) is 0 Å². The third-order valence-electron chi connectivity index (χ3n) is 3.60. The summed E-state index contributed by atoms with van der Waals surface area (Å²) in [4.78, 5) is 30.9. The van der Waals surface area contributed by atoms with Gasteiger partial charge in [-0.25, -0.2) is 4.98 Å². The third kappa shape index (κ3) is 5.18. The van der Waals surface area contributed by atoms with Crippen LogP contribution in [-0.2, 0) is 9.53 Å². The van der Waals surface area contributed by atoms with Crippen LogP contribution in [0.15, 0.2) is 0 Å². The van der Waals surface area contributed by atoms with Crippen LogP contribution >= 0.6 is 11.3 Å². The Balaban J connectivity index is 1.86. The molecular formula is C15H24N4O3S. The molecule has 128 valence electrons. The summed E-state index contributed by atoms with van der Waals surface area (Å²) in [7, 11) is 0. The highest BCUT2D eigenvalue weighted by Gasteiger charge is 2.20. The van der Waals surface area contributed by atoms with Gasteiger partial charge in [0, 0.05) is 19.5 Å². The molecular weight excluding hydrogens is 316 g/mol. The molecule has 23 heavy (non-hydrogen) atoms.